The number of ether oxygens (including phenoxy) is 3. The third-order valence-electron chi connectivity index (χ3n) is 5.05. The van der Waals surface area contributed by atoms with Crippen molar-refractivity contribution in [3.05, 3.63) is 46.4 Å². The second-order valence-corrected chi connectivity index (χ2v) is 8.05. The molecular formula is C22H24BrNO4. The van der Waals surface area contributed by atoms with Gasteiger partial charge in [-0.25, -0.2) is 0 Å². The minimum absolute atomic E-state index is 0.0421. The lowest BCUT2D eigenvalue weighted by atomic mass is 10.1. The Hall–Kier alpha value is -2.21. The van der Waals surface area contributed by atoms with Crippen LogP contribution in [0.15, 0.2) is 40.9 Å². The Bertz CT molecular complexity index is 848. The van der Waals surface area contributed by atoms with E-state index in [2.05, 4.69) is 21.2 Å². The predicted octanol–water partition coefficient (Wildman–Crippen LogP) is 5.11. The van der Waals surface area contributed by atoms with Gasteiger partial charge in [0.25, 0.3) is 0 Å². The lowest BCUT2D eigenvalue weighted by Gasteiger charge is -2.20. The summed E-state index contributed by atoms with van der Waals surface area (Å²) >= 11 is 3.48. The van der Waals surface area contributed by atoms with Crippen LogP contribution in [0, 0.1) is 0 Å². The maximum atomic E-state index is 12.4. The second kappa shape index (κ2) is 8.86. The highest BCUT2D eigenvalue weighted by Crippen LogP contribution is 2.38. The van der Waals surface area contributed by atoms with Gasteiger partial charge in [0.1, 0.15) is 19.0 Å². The molecule has 148 valence electrons. The summed E-state index contributed by atoms with van der Waals surface area (Å²) < 4.78 is 18.0. The van der Waals surface area contributed by atoms with Crippen molar-refractivity contribution < 1.29 is 19.0 Å². The average molecular weight is 446 g/mol. The smallest absolute Gasteiger partial charge is 0.224 e. The van der Waals surface area contributed by atoms with E-state index in [1.54, 1.807) is 6.07 Å². The number of anilines is 1. The predicted molar refractivity (Wildman–Crippen MR) is 111 cm³/mol. The van der Waals surface area contributed by atoms with Gasteiger partial charge in [0, 0.05) is 23.0 Å². The normalized spacial score (nSPS) is 16.0. The maximum Gasteiger partial charge on any atom is 0.224 e. The molecule has 2 aliphatic rings. The van der Waals surface area contributed by atoms with Crippen molar-refractivity contribution in [2.75, 3.05) is 18.5 Å². The summed E-state index contributed by atoms with van der Waals surface area (Å²) in [5.41, 5.74) is 1.79. The highest BCUT2D eigenvalue weighted by molar-refractivity contribution is 9.10. The number of carbonyl (C=O) groups is 1. The molecule has 0 unspecified atom stereocenters. The van der Waals surface area contributed by atoms with Gasteiger partial charge in [-0.15, -0.1) is 0 Å². The molecule has 2 aromatic rings. The number of carbonyl (C=O) groups excluding carboxylic acids is 1. The van der Waals surface area contributed by atoms with Gasteiger partial charge in [0.15, 0.2) is 11.5 Å². The summed E-state index contributed by atoms with van der Waals surface area (Å²) in [5, 5.41) is 2.95. The van der Waals surface area contributed by atoms with E-state index >= 15 is 0 Å². The number of benzene rings is 2. The van der Waals surface area contributed by atoms with Crippen LogP contribution in [0.2, 0.25) is 0 Å². The third kappa shape index (κ3) is 4.79. The molecule has 5 nitrogen and oxygen atoms in total. The number of aryl methyl sites for hydroxylation is 1. The van der Waals surface area contributed by atoms with Crippen molar-refractivity contribution in [3.63, 3.8) is 0 Å². The van der Waals surface area contributed by atoms with E-state index in [4.69, 9.17) is 14.2 Å². The fourth-order valence-corrected chi connectivity index (χ4v) is 4.02. The van der Waals surface area contributed by atoms with Crippen molar-refractivity contribution in [2.45, 2.75) is 44.6 Å². The lowest BCUT2D eigenvalue weighted by molar-refractivity contribution is -0.116. The quantitative estimate of drug-likeness (QED) is 0.670. The molecule has 4 rings (SSSR count). The molecule has 1 fully saturated rings. The first kappa shape index (κ1) is 19.1. The molecule has 0 atom stereocenters. The van der Waals surface area contributed by atoms with Crippen LogP contribution >= 0.6 is 15.9 Å². The fraction of sp³-hybridized carbons (Fsp3) is 0.409. The van der Waals surface area contributed by atoms with Gasteiger partial charge in [0.2, 0.25) is 5.91 Å². The van der Waals surface area contributed by atoms with Crippen LogP contribution in [0.3, 0.4) is 0 Å². The third-order valence-corrected chi connectivity index (χ3v) is 5.71. The van der Waals surface area contributed by atoms with Crippen molar-refractivity contribution in [2.24, 2.45) is 0 Å². The Morgan fingerprint density at radius 2 is 1.86 bits per heavy atom. The largest absolute Gasteiger partial charge is 0.490 e. The molecule has 0 bridgehead atoms. The second-order valence-electron chi connectivity index (χ2n) is 7.20. The van der Waals surface area contributed by atoms with Gasteiger partial charge in [-0.1, -0.05) is 12.1 Å². The monoisotopic (exact) mass is 445 g/mol. The summed E-state index contributed by atoms with van der Waals surface area (Å²) in [5.74, 6) is 2.20. The number of amides is 1. The van der Waals surface area contributed by atoms with Gasteiger partial charge >= 0.3 is 0 Å². The molecule has 1 aliphatic heterocycles. The average Bonchev–Trinajstić information content (AvgIpc) is 3.20. The number of nitrogens with one attached hydrogen (secondary N) is 1. The molecule has 2 aromatic carbocycles. The van der Waals surface area contributed by atoms with Gasteiger partial charge in [-0.3, -0.25) is 4.79 Å². The summed E-state index contributed by atoms with van der Waals surface area (Å²) in [4.78, 5) is 12.4. The summed E-state index contributed by atoms with van der Waals surface area (Å²) in [6.07, 6.45) is 6.17. The van der Waals surface area contributed by atoms with Crippen LogP contribution in [-0.2, 0) is 11.2 Å². The van der Waals surface area contributed by atoms with Gasteiger partial charge in [0.05, 0.1) is 11.8 Å². The molecule has 0 saturated heterocycles. The van der Waals surface area contributed by atoms with Crippen LogP contribution in [0.25, 0.3) is 0 Å². The van der Waals surface area contributed by atoms with Crippen molar-refractivity contribution in [1.29, 1.82) is 0 Å². The van der Waals surface area contributed by atoms with Gasteiger partial charge in [-0.2, -0.15) is 0 Å². The number of hydrogen-bond acceptors (Lipinski definition) is 4. The first-order valence-electron chi connectivity index (χ1n) is 9.82. The number of hydrogen-bond donors (Lipinski definition) is 1. The Balaban J connectivity index is 1.33. The SMILES string of the molecule is O=C(CCc1cccc(OC2CCCC2)c1)Nc1cc2c(cc1Br)OCCO2. The molecule has 1 heterocycles. The Morgan fingerprint density at radius 1 is 1.11 bits per heavy atom. The van der Waals surface area contributed by atoms with E-state index in [9.17, 15) is 4.79 Å². The number of halogens is 1. The molecule has 28 heavy (non-hydrogen) atoms. The number of fused-ring (bicyclic) bond motifs is 1. The van der Waals surface area contributed by atoms with Crippen LogP contribution < -0.4 is 19.5 Å². The molecular weight excluding hydrogens is 422 g/mol. The molecule has 1 amide bonds. The zero-order valence-corrected chi connectivity index (χ0v) is 17.3. The van der Waals surface area contributed by atoms with Crippen molar-refractivity contribution >= 4 is 27.5 Å². The van der Waals surface area contributed by atoms with Crippen molar-refractivity contribution in [3.8, 4) is 17.2 Å². The molecule has 1 aliphatic carbocycles. The van der Waals surface area contributed by atoms with E-state index < -0.39 is 0 Å². The molecule has 6 heteroatoms. The highest BCUT2D eigenvalue weighted by atomic mass is 79.9. The van der Waals surface area contributed by atoms with Crippen LogP contribution in [0.5, 0.6) is 17.2 Å². The maximum absolute atomic E-state index is 12.4. The lowest BCUT2D eigenvalue weighted by Crippen LogP contribution is -2.17. The highest BCUT2D eigenvalue weighted by Gasteiger charge is 2.17. The zero-order chi connectivity index (χ0) is 19.3. The first-order chi connectivity index (χ1) is 13.7. The van der Waals surface area contributed by atoms with E-state index in [1.165, 1.54) is 12.8 Å². The fourth-order valence-electron chi connectivity index (χ4n) is 3.60. The summed E-state index contributed by atoms with van der Waals surface area (Å²) in [6.45, 7) is 1.05. The standard InChI is InChI=1S/C22H24BrNO4/c23-18-13-20-21(27-11-10-26-20)14-19(18)24-22(25)9-8-15-4-3-7-17(12-15)28-16-5-1-2-6-16/h3-4,7,12-14,16H,1-2,5-6,8-11H2,(H,24,25). The minimum atomic E-state index is -0.0421. The van der Waals surface area contributed by atoms with Crippen LogP contribution in [0.4, 0.5) is 5.69 Å². The van der Waals surface area contributed by atoms with Crippen LogP contribution in [0.1, 0.15) is 37.7 Å². The topological polar surface area (TPSA) is 56.8 Å². The molecule has 0 aromatic heterocycles. The molecule has 1 saturated carbocycles. The first-order valence-corrected chi connectivity index (χ1v) is 10.6. The van der Waals surface area contributed by atoms with E-state index in [0.29, 0.717) is 49.3 Å². The number of rotatable bonds is 6. The Labute approximate surface area is 173 Å². The zero-order valence-electron chi connectivity index (χ0n) is 15.7. The molecule has 0 spiro atoms. The van der Waals surface area contributed by atoms with Crippen molar-refractivity contribution in [1.82, 2.24) is 0 Å². The summed E-state index contributed by atoms with van der Waals surface area (Å²) in [6, 6.07) is 11.7. The van der Waals surface area contributed by atoms with Crippen LogP contribution in [-0.4, -0.2) is 25.2 Å². The van der Waals surface area contributed by atoms with E-state index in [-0.39, 0.29) is 5.91 Å². The Morgan fingerprint density at radius 3 is 2.64 bits per heavy atom. The van der Waals surface area contributed by atoms with E-state index in [0.717, 1.165) is 28.6 Å². The van der Waals surface area contributed by atoms with E-state index in [1.807, 2.05) is 30.3 Å². The Kier molecular flexibility index (Phi) is 6.05. The van der Waals surface area contributed by atoms with Gasteiger partial charge < -0.3 is 19.5 Å². The minimum Gasteiger partial charge on any atom is -0.490 e. The molecule has 1 N–H and O–H groups in total. The van der Waals surface area contributed by atoms with Gasteiger partial charge in [-0.05, 0) is 65.7 Å². The molecule has 0 radical (unpaired) electrons. The summed E-state index contributed by atoms with van der Waals surface area (Å²) in [7, 11) is 0.